The third kappa shape index (κ3) is 4.40. The van der Waals surface area contributed by atoms with Gasteiger partial charge in [-0.15, -0.1) is 0 Å². The molecule has 2 atom stereocenters. The maximum Gasteiger partial charge on any atom is 0.123 e. The lowest BCUT2D eigenvalue weighted by Crippen LogP contribution is -2.44. The van der Waals surface area contributed by atoms with E-state index < -0.39 is 0 Å². The molecule has 1 spiro atoms. The molecule has 4 rings (SSSR count). The second kappa shape index (κ2) is 7.70. The van der Waals surface area contributed by atoms with Crippen molar-refractivity contribution < 1.29 is 13.9 Å². The van der Waals surface area contributed by atoms with E-state index in [4.69, 9.17) is 9.47 Å². The fourth-order valence-corrected chi connectivity index (χ4v) is 4.56. The molecule has 0 bridgehead atoms. The predicted molar refractivity (Wildman–Crippen MR) is 95.0 cm³/mol. The molecule has 0 aliphatic carbocycles. The van der Waals surface area contributed by atoms with Crippen LogP contribution < -0.4 is 0 Å². The summed E-state index contributed by atoms with van der Waals surface area (Å²) in [6.45, 7) is 8.58. The largest absolute Gasteiger partial charge is 0.377 e. The molecule has 3 aliphatic rings. The van der Waals surface area contributed by atoms with E-state index in [0.29, 0.717) is 12.5 Å². The quantitative estimate of drug-likeness (QED) is 0.835. The fraction of sp³-hybridized carbons (Fsp3) is 0.700. The monoisotopic (exact) mass is 348 g/mol. The summed E-state index contributed by atoms with van der Waals surface area (Å²) in [5, 5.41) is 0. The summed E-state index contributed by atoms with van der Waals surface area (Å²) in [5.74, 6) is 0.441. The molecule has 1 aromatic rings. The molecule has 138 valence electrons. The van der Waals surface area contributed by atoms with Crippen LogP contribution in [0.1, 0.15) is 24.8 Å². The van der Waals surface area contributed by atoms with Gasteiger partial charge in [-0.3, -0.25) is 4.90 Å². The smallest absolute Gasteiger partial charge is 0.123 e. The van der Waals surface area contributed by atoms with Gasteiger partial charge in [0.2, 0.25) is 0 Å². The minimum absolute atomic E-state index is 0.166. The minimum Gasteiger partial charge on any atom is -0.377 e. The molecule has 0 radical (unpaired) electrons. The van der Waals surface area contributed by atoms with Gasteiger partial charge >= 0.3 is 0 Å². The number of nitrogens with zero attached hydrogens (tertiary/aromatic N) is 2. The van der Waals surface area contributed by atoms with Gasteiger partial charge < -0.3 is 14.4 Å². The molecule has 3 heterocycles. The SMILES string of the molecule is Fc1ccc(CN2CCOC[C@]3(C[C@@H](CN4CCCC4)CO3)C2)cc1. The van der Waals surface area contributed by atoms with E-state index in [0.717, 1.165) is 44.8 Å². The summed E-state index contributed by atoms with van der Waals surface area (Å²) in [6.07, 6.45) is 3.77. The van der Waals surface area contributed by atoms with Crippen molar-refractivity contribution in [3.8, 4) is 0 Å². The first-order valence-corrected chi connectivity index (χ1v) is 9.62. The van der Waals surface area contributed by atoms with Crippen LogP contribution in [-0.4, -0.2) is 67.9 Å². The zero-order valence-corrected chi connectivity index (χ0v) is 15.0. The molecular formula is C20H29FN2O2. The second-order valence-corrected chi connectivity index (χ2v) is 7.96. The normalized spacial score (nSPS) is 31.6. The van der Waals surface area contributed by atoms with Gasteiger partial charge in [-0.1, -0.05) is 12.1 Å². The molecule has 1 aromatic carbocycles. The van der Waals surface area contributed by atoms with Gasteiger partial charge in [0.1, 0.15) is 11.4 Å². The van der Waals surface area contributed by atoms with Gasteiger partial charge in [0.05, 0.1) is 19.8 Å². The topological polar surface area (TPSA) is 24.9 Å². The van der Waals surface area contributed by atoms with Crippen LogP contribution in [0.4, 0.5) is 4.39 Å². The van der Waals surface area contributed by atoms with Crippen LogP contribution in [0.2, 0.25) is 0 Å². The molecule has 4 nitrogen and oxygen atoms in total. The van der Waals surface area contributed by atoms with Gasteiger partial charge in [0, 0.05) is 26.2 Å². The number of halogens is 1. The molecule has 3 aliphatic heterocycles. The van der Waals surface area contributed by atoms with Crippen LogP contribution in [0.5, 0.6) is 0 Å². The number of benzene rings is 1. The number of likely N-dealkylation sites (tertiary alicyclic amines) is 1. The third-order valence-electron chi connectivity index (χ3n) is 5.75. The molecule has 0 saturated carbocycles. The second-order valence-electron chi connectivity index (χ2n) is 7.96. The van der Waals surface area contributed by atoms with Crippen molar-refractivity contribution in [2.75, 3.05) is 52.5 Å². The lowest BCUT2D eigenvalue weighted by atomic mass is 9.93. The average Bonchev–Trinajstić information content (AvgIpc) is 3.20. The molecule has 0 aromatic heterocycles. The Morgan fingerprint density at radius 3 is 2.68 bits per heavy atom. The minimum atomic E-state index is -0.177. The lowest BCUT2D eigenvalue weighted by Gasteiger charge is -2.31. The summed E-state index contributed by atoms with van der Waals surface area (Å²) in [4.78, 5) is 4.99. The van der Waals surface area contributed by atoms with Crippen LogP contribution in [-0.2, 0) is 16.0 Å². The van der Waals surface area contributed by atoms with Crippen LogP contribution in [0, 0.1) is 11.7 Å². The van der Waals surface area contributed by atoms with E-state index in [1.165, 1.54) is 44.6 Å². The first-order chi connectivity index (χ1) is 12.2. The van der Waals surface area contributed by atoms with E-state index >= 15 is 0 Å². The number of ether oxygens (including phenoxy) is 2. The Bertz CT molecular complexity index is 561. The molecule has 5 heteroatoms. The average molecular weight is 348 g/mol. The van der Waals surface area contributed by atoms with Crippen molar-refractivity contribution in [3.63, 3.8) is 0 Å². The molecule has 3 fully saturated rings. The maximum atomic E-state index is 13.1. The van der Waals surface area contributed by atoms with Gasteiger partial charge in [-0.25, -0.2) is 4.39 Å². The highest BCUT2D eigenvalue weighted by Gasteiger charge is 2.43. The number of hydrogen-bond acceptors (Lipinski definition) is 4. The molecule has 0 unspecified atom stereocenters. The van der Waals surface area contributed by atoms with Crippen molar-refractivity contribution in [1.82, 2.24) is 9.80 Å². The predicted octanol–water partition coefficient (Wildman–Crippen LogP) is 2.53. The lowest BCUT2D eigenvalue weighted by molar-refractivity contribution is -0.0563. The van der Waals surface area contributed by atoms with E-state index in [2.05, 4.69) is 9.80 Å². The number of hydrogen-bond donors (Lipinski definition) is 0. The highest BCUT2D eigenvalue weighted by Crippen LogP contribution is 2.34. The molecule has 0 N–H and O–H groups in total. The van der Waals surface area contributed by atoms with E-state index in [1.807, 2.05) is 12.1 Å². The summed E-state index contributed by atoms with van der Waals surface area (Å²) >= 11 is 0. The first kappa shape index (κ1) is 17.4. The fourth-order valence-electron chi connectivity index (χ4n) is 4.56. The Hall–Kier alpha value is -1.01. The Morgan fingerprint density at radius 1 is 1.08 bits per heavy atom. The Morgan fingerprint density at radius 2 is 1.88 bits per heavy atom. The van der Waals surface area contributed by atoms with Crippen molar-refractivity contribution in [1.29, 1.82) is 0 Å². The van der Waals surface area contributed by atoms with Crippen molar-refractivity contribution >= 4 is 0 Å². The molecular weight excluding hydrogens is 319 g/mol. The third-order valence-corrected chi connectivity index (χ3v) is 5.75. The highest BCUT2D eigenvalue weighted by atomic mass is 19.1. The molecule has 3 saturated heterocycles. The van der Waals surface area contributed by atoms with Gasteiger partial charge in [0.25, 0.3) is 0 Å². The molecule has 0 amide bonds. The Labute approximate surface area is 149 Å². The first-order valence-electron chi connectivity index (χ1n) is 9.62. The Kier molecular flexibility index (Phi) is 5.36. The van der Waals surface area contributed by atoms with Crippen LogP contribution in [0.15, 0.2) is 24.3 Å². The van der Waals surface area contributed by atoms with Crippen LogP contribution in [0.3, 0.4) is 0 Å². The van der Waals surface area contributed by atoms with Crippen molar-refractivity contribution in [2.45, 2.75) is 31.4 Å². The van der Waals surface area contributed by atoms with Gasteiger partial charge in [0.15, 0.2) is 0 Å². The van der Waals surface area contributed by atoms with E-state index in [9.17, 15) is 4.39 Å². The zero-order valence-electron chi connectivity index (χ0n) is 15.0. The summed E-state index contributed by atoms with van der Waals surface area (Å²) in [6, 6.07) is 6.83. The van der Waals surface area contributed by atoms with Crippen molar-refractivity contribution in [2.24, 2.45) is 5.92 Å². The van der Waals surface area contributed by atoms with Gasteiger partial charge in [-0.05, 0) is 56.0 Å². The summed E-state index contributed by atoms with van der Waals surface area (Å²) < 4.78 is 25.3. The number of rotatable bonds is 4. The summed E-state index contributed by atoms with van der Waals surface area (Å²) in [7, 11) is 0. The Balaban J connectivity index is 1.36. The van der Waals surface area contributed by atoms with Gasteiger partial charge in [-0.2, -0.15) is 0 Å². The van der Waals surface area contributed by atoms with Crippen LogP contribution in [0.25, 0.3) is 0 Å². The standard InChI is InChI=1S/C20H29FN2O2/c21-19-5-3-17(4-6-19)12-23-9-10-24-16-20(15-23)11-18(14-25-20)13-22-7-1-2-8-22/h3-6,18H,1-2,7-16H2/t18-,20-/m0/s1. The summed E-state index contributed by atoms with van der Waals surface area (Å²) in [5.41, 5.74) is 0.978. The van der Waals surface area contributed by atoms with E-state index in [-0.39, 0.29) is 11.4 Å². The van der Waals surface area contributed by atoms with Crippen LogP contribution >= 0.6 is 0 Å². The zero-order chi connectivity index (χ0) is 17.1. The maximum absolute atomic E-state index is 13.1. The molecule has 25 heavy (non-hydrogen) atoms. The highest BCUT2D eigenvalue weighted by molar-refractivity contribution is 5.16. The van der Waals surface area contributed by atoms with E-state index in [1.54, 1.807) is 0 Å². The van der Waals surface area contributed by atoms with Crippen molar-refractivity contribution in [3.05, 3.63) is 35.6 Å².